The summed E-state index contributed by atoms with van der Waals surface area (Å²) in [5.74, 6) is -0.327. The Kier molecular flexibility index (Phi) is 10.7. The second kappa shape index (κ2) is 15.5. The van der Waals surface area contributed by atoms with E-state index in [1.165, 1.54) is 18.3 Å². The summed E-state index contributed by atoms with van der Waals surface area (Å²) in [6.45, 7) is 0.0106. The molecule has 1 amide bonds. The van der Waals surface area contributed by atoms with Crippen LogP contribution in [0.25, 0.3) is 5.69 Å². The first-order valence-electron chi connectivity index (χ1n) is 15.9. The number of nitro benzene ring substituents is 2. The summed E-state index contributed by atoms with van der Waals surface area (Å²) in [7, 11) is -4.25. The molecule has 1 aliphatic heterocycles. The molecular weight excluding hydrogens is 711 g/mol. The molecule has 0 bridgehead atoms. The van der Waals surface area contributed by atoms with Gasteiger partial charge in [0.1, 0.15) is 10.7 Å². The molecule has 1 fully saturated rings. The summed E-state index contributed by atoms with van der Waals surface area (Å²) < 4.78 is 30.2. The van der Waals surface area contributed by atoms with Crippen molar-refractivity contribution in [1.82, 2.24) is 19.1 Å². The lowest BCUT2D eigenvalue weighted by molar-refractivity contribution is -0.387. The second-order valence-corrected chi connectivity index (χ2v) is 14.6. The minimum atomic E-state index is -4.25. The third-order valence-electron chi connectivity index (χ3n) is 8.35. The van der Waals surface area contributed by atoms with Crippen LogP contribution in [0.3, 0.4) is 0 Å². The number of sulfonamides is 1. The van der Waals surface area contributed by atoms with Gasteiger partial charge in [-0.05, 0) is 54.4 Å². The zero-order valence-corrected chi connectivity index (χ0v) is 28.9. The minimum Gasteiger partial charge on any atom is -0.369 e. The Labute approximate surface area is 301 Å². The van der Waals surface area contributed by atoms with Crippen molar-refractivity contribution >= 4 is 51.0 Å². The zero-order valence-electron chi connectivity index (χ0n) is 27.3. The molecule has 1 aromatic heterocycles. The van der Waals surface area contributed by atoms with E-state index >= 15 is 0 Å². The van der Waals surface area contributed by atoms with Crippen LogP contribution in [0.4, 0.5) is 17.1 Å². The van der Waals surface area contributed by atoms with Crippen molar-refractivity contribution in [2.24, 2.45) is 16.8 Å². The van der Waals surface area contributed by atoms with Crippen LogP contribution in [0, 0.1) is 26.1 Å². The van der Waals surface area contributed by atoms with E-state index in [0.717, 1.165) is 39.5 Å². The number of nitrogens with one attached hydrogen (secondary N) is 1. The Bertz CT molecular complexity index is 2260. The van der Waals surface area contributed by atoms with Gasteiger partial charge in [0.15, 0.2) is 0 Å². The minimum absolute atomic E-state index is 0.00532. The van der Waals surface area contributed by atoms with E-state index in [4.69, 9.17) is 5.73 Å². The lowest BCUT2D eigenvalue weighted by Crippen LogP contribution is -2.41. The fourth-order valence-electron chi connectivity index (χ4n) is 5.66. The van der Waals surface area contributed by atoms with Crippen LogP contribution in [0.1, 0.15) is 29.8 Å². The third kappa shape index (κ3) is 7.98. The molecule has 1 saturated heterocycles. The van der Waals surface area contributed by atoms with Crippen LogP contribution >= 0.6 is 11.8 Å². The Morgan fingerprint density at radius 1 is 0.942 bits per heavy atom. The topological polar surface area (TPSA) is 222 Å². The molecule has 6 rings (SSSR count). The molecule has 0 spiro atoms. The summed E-state index contributed by atoms with van der Waals surface area (Å²) in [5, 5.41) is 37.1. The van der Waals surface area contributed by atoms with Crippen molar-refractivity contribution in [2.75, 3.05) is 18.5 Å². The molecule has 18 heteroatoms. The average Bonchev–Trinajstić information content (AvgIpc) is 3.54. The number of carbonyl (C=O) groups excluding carboxylic acids is 1. The third-order valence-corrected chi connectivity index (χ3v) is 11.3. The number of piperidine rings is 1. The number of para-hydroxylation sites is 1. The van der Waals surface area contributed by atoms with E-state index in [0.29, 0.717) is 27.9 Å². The van der Waals surface area contributed by atoms with Gasteiger partial charge in [-0.15, -0.1) is 10.2 Å². The summed E-state index contributed by atoms with van der Waals surface area (Å²) in [5.41, 5.74) is 9.42. The van der Waals surface area contributed by atoms with Crippen LogP contribution in [0.5, 0.6) is 0 Å². The summed E-state index contributed by atoms with van der Waals surface area (Å²) in [6, 6.07) is 27.0. The van der Waals surface area contributed by atoms with Crippen molar-refractivity contribution in [1.29, 1.82) is 0 Å². The Balaban J connectivity index is 1.25. The maximum atomic E-state index is 13.6. The van der Waals surface area contributed by atoms with Gasteiger partial charge >= 0.3 is 0 Å². The highest BCUT2D eigenvalue weighted by Crippen LogP contribution is 2.36. The van der Waals surface area contributed by atoms with E-state index in [9.17, 15) is 33.4 Å². The molecule has 0 aliphatic carbocycles. The van der Waals surface area contributed by atoms with Crippen molar-refractivity contribution in [3.63, 3.8) is 0 Å². The van der Waals surface area contributed by atoms with Crippen molar-refractivity contribution in [2.45, 2.75) is 34.2 Å². The van der Waals surface area contributed by atoms with Gasteiger partial charge in [-0.25, -0.2) is 8.42 Å². The lowest BCUT2D eigenvalue weighted by Gasteiger charge is -2.30. The van der Waals surface area contributed by atoms with Crippen molar-refractivity contribution in [3.8, 4) is 5.69 Å². The first-order valence-corrected chi connectivity index (χ1v) is 18.1. The van der Waals surface area contributed by atoms with E-state index < -0.39 is 37.4 Å². The molecule has 0 saturated carbocycles. The summed E-state index contributed by atoms with van der Waals surface area (Å²) in [4.78, 5) is 34.0. The SMILES string of the molecule is NC(=O)C1CCN(S(=O)(=O)c2cc([N+](=O)[O-])ccc2N/N=C\c2ccc(Sc3nnc(Cc4ccccc4)n3-c3ccccc3)c([N+](=O)[O-])c2)CC1. The molecular formula is C34H31N9O7S2. The number of rotatable bonds is 13. The van der Waals surface area contributed by atoms with Crippen LogP contribution in [0.15, 0.2) is 117 Å². The number of nitrogens with two attached hydrogens (primary N) is 1. The predicted octanol–water partition coefficient (Wildman–Crippen LogP) is 5.16. The molecule has 3 N–H and O–H groups in total. The maximum Gasteiger partial charge on any atom is 0.283 e. The maximum absolute atomic E-state index is 13.6. The molecule has 2 heterocycles. The normalized spacial score (nSPS) is 14.0. The molecule has 5 aromatic rings. The molecule has 4 aromatic carbocycles. The van der Waals surface area contributed by atoms with Crippen molar-refractivity contribution in [3.05, 3.63) is 134 Å². The van der Waals surface area contributed by atoms with Crippen LogP contribution in [0.2, 0.25) is 0 Å². The van der Waals surface area contributed by atoms with E-state index in [1.807, 2.05) is 65.2 Å². The monoisotopic (exact) mass is 741 g/mol. The second-order valence-electron chi connectivity index (χ2n) is 11.7. The van der Waals surface area contributed by atoms with E-state index in [-0.39, 0.29) is 42.2 Å². The zero-order chi connectivity index (χ0) is 36.8. The van der Waals surface area contributed by atoms with Crippen LogP contribution in [-0.2, 0) is 21.2 Å². The highest BCUT2D eigenvalue weighted by molar-refractivity contribution is 7.99. The lowest BCUT2D eigenvalue weighted by atomic mass is 9.98. The van der Waals surface area contributed by atoms with E-state index in [1.54, 1.807) is 12.1 Å². The molecule has 16 nitrogen and oxygen atoms in total. The number of aromatic nitrogens is 3. The van der Waals surface area contributed by atoms with E-state index in [2.05, 4.69) is 20.7 Å². The van der Waals surface area contributed by atoms with Gasteiger partial charge in [0, 0.05) is 54.9 Å². The smallest absolute Gasteiger partial charge is 0.283 e. The van der Waals surface area contributed by atoms with Gasteiger partial charge in [0.05, 0.1) is 26.6 Å². The fourth-order valence-corrected chi connectivity index (χ4v) is 8.25. The Hall–Kier alpha value is -5.98. The quantitative estimate of drug-likeness (QED) is 0.0911. The highest BCUT2D eigenvalue weighted by atomic mass is 32.2. The van der Waals surface area contributed by atoms with Crippen molar-refractivity contribution < 1.29 is 23.1 Å². The van der Waals surface area contributed by atoms with Crippen LogP contribution in [-0.4, -0.2) is 62.5 Å². The first kappa shape index (κ1) is 35.8. The average molecular weight is 742 g/mol. The largest absolute Gasteiger partial charge is 0.369 e. The number of nitrogens with zero attached hydrogens (tertiary/aromatic N) is 7. The summed E-state index contributed by atoms with van der Waals surface area (Å²) >= 11 is 1.08. The van der Waals surface area contributed by atoms with Gasteiger partial charge in [0.2, 0.25) is 21.1 Å². The fraction of sp³-hybridized carbons (Fsp3) is 0.176. The Morgan fingerprint density at radius 3 is 2.29 bits per heavy atom. The number of hydrogen-bond acceptors (Lipinski definition) is 12. The first-order chi connectivity index (χ1) is 25.0. The molecule has 0 radical (unpaired) electrons. The molecule has 0 unspecified atom stereocenters. The predicted molar refractivity (Wildman–Crippen MR) is 193 cm³/mol. The molecule has 1 aliphatic rings. The van der Waals surface area contributed by atoms with Gasteiger partial charge in [-0.3, -0.25) is 35.0 Å². The number of non-ortho nitro benzene ring substituents is 1. The molecule has 266 valence electrons. The number of anilines is 1. The van der Waals surface area contributed by atoms with Gasteiger partial charge in [-0.2, -0.15) is 9.41 Å². The van der Waals surface area contributed by atoms with Crippen LogP contribution < -0.4 is 11.2 Å². The number of nitro groups is 2. The van der Waals surface area contributed by atoms with Gasteiger partial charge < -0.3 is 5.73 Å². The number of benzene rings is 4. The summed E-state index contributed by atoms with van der Waals surface area (Å²) in [6.07, 6.45) is 2.19. The van der Waals surface area contributed by atoms with Gasteiger partial charge in [0.25, 0.3) is 11.4 Å². The molecule has 52 heavy (non-hydrogen) atoms. The number of amides is 1. The Morgan fingerprint density at radius 2 is 1.63 bits per heavy atom. The number of primary amides is 1. The number of carbonyl (C=O) groups is 1. The molecule has 0 atom stereocenters. The highest BCUT2D eigenvalue weighted by Gasteiger charge is 2.34. The number of hydrazone groups is 1. The number of hydrogen-bond donors (Lipinski definition) is 2. The van der Waals surface area contributed by atoms with Gasteiger partial charge in [-0.1, -0.05) is 54.6 Å². The standard InChI is InChI=1S/C34H31N9O7S2/c35-33(44)25-15-17-40(18-16-25)52(49,50)31-21-27(42(45)46)12-13-28(31)37-36-22-24-11-14-30(29(19-24)43(47)48)51-34-39-38-32(20-23-7-3-1-4-8-23)41(34)26-9-5-2-6-10-26/h1-14,19,21-22,25,37H,15-18,20H2,(H2,35,44)/b36-22-.